The number of hydrogen-bond donors (Lipinski definition) is 1. The highest BCUT2D eigenvalue weighted by atomic mass is 19.1. The highest BCUT2D eigenvalue weighted by Crippen LogP contribution is 2.30. The molecule has 1 aliphatic heterocycles. The first-order valence-corrected chi connectivity index (χ1v) is 10.4. The lowest BCUT2D eigenvalue weighted by atomic mass is 9.87. The fourth-order valence-corrected chi connectivity index (χ4v) is 3.89. The Morgan fingerprint density at radius 3 is 2.16 bits per heavy atom. The molecular formula is C26H26FN3O. The van der Waals surface area contributed by atoms with Crippen LogP contribution in [0.1, 0.15) is 43.0 Å². The number of aliphatic imine (C=N–C) groups is 1. The average Bonchev–Trinajstić information content (AvgIpc) is 2.73. The van der Waals surface area contributed by atoms with Gasteiger partial charge in [-0.15, -0.1) is 0 Å². The van der Waals surface area contributed by atoms with Gasteiger partial charge in [-0.2, -0.15) is 0 Å². The number of nitrogens with two attached hydrogens (primary N) is 1. The molecule has 0 saturated heterocycles. The van der Waals surface area contributed by atoms with E-state index in [9.17, 15) is 9.18 Å². The predicted octanol–water partition coefficient (Wildman–Crippen LogP) is 5.73. The maximum atomic E-state index is 13.8. The Labute approximate surface area is 182 Å². The molecule has 0 atom stereocenters. The van der Waals surface area contributed by atoms with Crippen LogP contribution >= 0.6 is 0 Å². The first-order chi connectivity index (χ1) is 14.7. The molecule has 0 bridgehead atoms. The quantitative estimate of drug-likeness (QED) is 0.583. The van der Waals surface area contributed by atoms with Gasteiger partial charge in [-0.1, -0.05) is 51.1 Å². The van der Waals surface area contributed by atoms with E-state index in [1.54, 1.807) is 0 Å². The Kier molecular flexibility index (Phi) is 5.36. The van der Waals surface area contributed by atoms with Crippen LogP contribution < -0.4 is 10.6 Å². The number of hydrogen-bond acceptors (Lipinski definition) is 2. The summed E-state index contributed by atoms with van der Waals surface area (Å²) < 4.78 is 13.8. The van der Waals surface area contributed by atoms with Crippen molar-refractivity contribution >= 4 is 23.1 Å². The lowest BCUT2D eigenvalue weighted by Gasteiger charge is -2.24. The molecule has 0 radical (unpaired) electrons. The summed E-state index contributed by atoms with van der Waals surface area (Å²) in [6, 6.07) is 19.6. The van der Waals surface area contributed by atoms with Gasteiger partial charge in [0.05, 0.1) is 17.1 Å². The van der Waals surface area contributed by atoms with Crippen LogP contribution in [-0.4, -0.2) is 18.3 Å². The fourth-order valence-electron chi connectivity index (χ4n) is 3.89. The molecule has 0 aromatic heterocycles. The number of halogens is 1. The van der Waals surface area contributed by atoms with Gasteiger partial charge in [-0.3, -0.25) is 9.89 Å². The van der Waals surface area contributed by atoms with Crippen molar-refractivity contribution in [2.75, 3.05) is 11.4 Å². The van der Waals surface area contributed by atoms with E-state index in [2.05, 4.69) is 25.8 Å². The van der Waals surface area contributed by atoms with Crippen molar-refractivity contribution in [1.82, 2.24) is 0 Å². The second kappa shape index (κ2) is 7.99. The van der Waals surface area contributed by atoms with Crippen LogP contribution in [0.2, 0.25) is 0 Å². The van der Waals surface area contributed by atoms with Crippen molar-refractivity contribution in [1.29, 1.82) is 0 Å². The first-order valence-electron chi connectivity index (χ1n) is 10.4. The molecule has 0 unspecified atom stereocenters. The van der Waals surface area contributed by atoms with E-state index < -0.39 is 6.03 Å². The highest BCUT2D eigenvalue weighted by molar-refractivity contribution is 6.14. The van der Waals surface area contributed by atoms with E-state index in [-0.39, 0.29) is 11.2 Å². The van der Waals surface area contributed by atoms with Gasteiger partial charge < -0.3 is 5.73 Å². The molecule has 31 heavy (non-hydrogen) atoms. The molecule has 0 aliphatic carbocycles. The van der Waals surface area contributed by atoms with E-state index in [1.165, 1.54) is 22.6 Å². The van der Waals surface area contributed by atoms with Crippen molar-refractivity contribution < 1.29 is 9.18 Å². The number of primary amides is 1. The summed E-state index contributed by atoms with van der Waals surface area (Å²) in [6.45, 7) is 7.10. The monoisotopic (exact) mass is 415 g/mol. The van der Waals surface area contributed by atoms with Crippen molar-refractivity contribution in [3.63, 3.8) is 0 Å². The lowest BCUT2D eigenvalue weighted by Crippen LogP contribution is -2.31. The van der Waals surface area contributed by atoms with Gasteiger partial charge in [0.15, 0.2) is 0 Å². The number of fused-ring (bicyclic) bond motifs is 1. The number of rotatable bonds is 3. The Morgan fingerprint density at radius 1 is 0.968 bits per heavy atom. The van der Waals surface area contributed by atoms with Gasteiger partial charge in [0.2, 0.25) is 0 Å². The van der Waals surface area contributed by atoms with Crippen molar-refractivity contribution in [2.24, 2.45) is 10.7 Å². The van der Waals surface area contributed by atoms with Crippen LogP contribution in [0.5, 0.6) is 0 Å². The molecule has 0 spiro atoms. The van der Waals surface area contributed by atoms with Gasteiger partial charge in [-0.05, 0) is 59.4 Å². The van der Waals surface area contributed by atoms with Crippen molar-refractivity contribution in [3.8, 4) is 0 Å². The summed E-state index contributed by atoms with van der Waals surface area (Å²) in [5.41, 5.74) is 11.8. The van der Waals surface area contributed by atoms with E-state index >= 15 is 0 Å². The number of amides is 2. The van der Waals surface area contributed by atoms with Crippen LogP contribution in [0.4, 0.5) is 20.6 Å². The largest absolute Gasteiger partial charge is 0.351 e. The Morgan fingerprint density at radius 2 is 1.58 bits per heavy atom. The summed E-state index contributed by atoms with van der Waals surface area (Å²) in [5, 5.41) is 0. The summed E-state index contributed by atoms with van der Waals surface area (Å²) in [7, 11) is 0. The molecule has 4 nitrogen and oxygen atoms in total. The first kappa shape index (κ1) is 20.8. The Balaban J connectivity index is 1.66. The van der Waals surface area contributed by atoms with Gasteiger partial charge in [-0.25, -0.2) is 9.18 Å². The predicted molar refractivity (Wildman–Crippen MR) is 124 cm³/mol. The van der Waals surface area contributed by atoms with E-state index in [0.29, 0.717) is 17.9 Å². The normalized spacial score (nSPS) is 13.4. The average molecular weight is 416 g/mol. The van der Waals surface area contributed by atoms with E-state index in [4.69, 9.17) is 5.73 Å². The van der Waals surface area contributed by atoms with Crippen LogP contribution in [0.25, 0.3) is 0 Å². The maximum Gasteiger partial charge on any atom is 0.323 e. The molecule has 2 amide bonds. The third-order valence-corrected chi connectivity index (χ3v) is 5.59. The van der Waals surface area contributed by atoms with Gasteiger partial charge in [0, 0.05) is 17.7 Å². The minimum atomic E-state index is -0.557. The molecule has 1 heterocycles. The molecule has 0 fully saturated rings. The molecule has 3 aromatic carbocycles. The number of benzene rings is 3. The zero-order chi connectivity index (χ0) is 22.2. The third-order valence-electron chi connectivity index (χ3n) is 5.59. The number of nitrogens with zero attached hydrogens (tertiary/aromatic N) is 2. The van der Waals surface area contributed by atoms with Gasteiger partial charge in [0.1, 0.15) is 5.82 Å². The number of urea groups is 1. The summed E-state index contributed by atoms with van der Waals surface area (Å²) in [6.07, 6.45) is 0.803. The van der Waals surface area contributed by atoms with E-state index in [0.717, 1.165) is 28.8 Å². The smallest absolute Gasteiger partial charge is 0.323 e. The van der Waals surface area contributed by atoms with Gasteiger partial charge >= 0.3 is 6.03 Å². The van der Waals surface area contributed by atoms with Crippen molar-refractivity contribution in [2.45, 2.75) is 32.6 Å². The minimum Gasteiger partial charge on any atom is -0.351 e. The Hall–Kier alpha value is -3.47. The maximum absolute atomic E-state index is 13.8. The molecule has 158 valence electrons. The number of anilines is 2. The SMILES string of the molecule is CC(C)(C)c1ccc(N(C(N)=O)c2ccc(C3=NCCc4ccc(F)cc43)cc2)cc1. The molecular weight excluding hydrogens is 389 g/mol. The second-order valence-electron chi connectivity index (χ2n) is 8.80. The standard InChI is InChI=1S/C26H26FN3O/c1-26(2,3)19-7-12-22(13-8-19)30(25(28)31)21-10-5-18(6-11-21)24-23-16-20(27)9-4-17(23)14-15-29-24/h4-13,16H,14-15H2,1-3H3,(H2,28,31). The van der Waals surface area contributed by atoms with Crippen LogP contribution in [-0.2, 0) is 11.8 Å². The second-order valence-corrected chi connectivity index (χ2v) is 8.80. The summed E-state index contributed by atoms with van der Waals surface area (Å²) in [5.74, 6) is -0.274. The third kappa shape index (κ3) is 4.22. The van der Waals surface area contributed by atoms with E-state index in [1.807, 2.05) is 54.6 Å². The molecule has 1 aliphatic rings. The number of carbonyl (C=O) groups is 1. The summed E-state index contributed by atoms with van der Waals surface area (Å²) in [4.78, 5) is 18.4. The Bertz CT molecular complexity index is 1140. The van der Waals surface area contributed by atoms with Crippen LogP contribution in [0, 0.1) is 5.82 Å². The highest BCUT2D eigenvalue weighted by Gasteiger charge is 2.20. The fraction of sp³-hybridized carbons (Fsp3) is 0.231. The lowest BCUT2D eigenvalue weighted by molar-refractivity contribution is 0.256. The minimum absolute atomic E-state index is 0.0220. The molecule has 4 rings (SSSR count). The molecule has 2 N–H and O–H groups in total. The molecule has 0 saturated carbocycles. The zero-order valence-corrected chi connectivity index (χ0v) is 18.0. The van der Waals surface area contributed by atoms with Crippen molar-refractivity contribution in [3.05, 3.63) is 94.8 Å². The molecule has 5 heteroatoms. The van der Waals surface area contributed by atoms with Crippen LogP contribution in [0.3, 0.4) is 0 Å². The van der Waals surface area contributed by atoms with Gasteiger partial charge in [0.25, 0.3) is 0 Å². The zero-order valence-electron chi connectivity index (χ0n) is 18.0. The van der Waals surface area contributed by atoms with Crippen LogP contribution in [0.15, 0.2) is 71.7 Å². The topological polar surface area (TPSA) is 58.7 Å². The molecule has 3 aromatic rings. The number of carbonyl (C=O) groups excluding carboxylic acids is 1. The summed E-state index contributed by atoms with van der Waals surface area (Å²) >= 11 is 0.